The van der Waals surface area contributed by atoms with Gasteiger partial charge >= 0.3 is 0 Å². The largest absolute Gasteiger partial charge is 0.496 e. The maximum absolute atomic E-state index is 11.0. The van der Waals surface area contributed by atoms with Crippen LogP contribution in [0, 0.1) is 13.8 Å². The lowest BCUT2D eigenvalue weighted by Crippen LogP contribution is -2.13. The minimum atomic E-state index is -0.455. The van der Waals surface area contributed by atoms with Gasteiger partial charge in [-0.1, -0.05) is 6.07 Å². The fraction of sp³-hybridized carbons (Fsp3) is 0.300. The van der Waals surface area contributed by atoms with Gasteiger partial charge in [-0.15, -0.1) is 0 Å². The van der Waals surface area contributed by atoms with E-state index >= 15 is 0 Å². The number of amides is 1. The van der Waals surface area contributed by atoms with Crippen molar-refractivity contribution in [2.45, 2.75) is 13.8 Å². The van der Waals surface area contributed by atoms with Crippen LogP contribution < -0.4 is 10.5 Å². The third-order valence-electron chi connectivity index (χ3n) is 1.89. The van der Waals surface area contributed by atoms with Crippen LogP contribution in [0.1, 0.15) is 21.5 Å². The van der Waals surface area contributed by atoms with Gasteiger partial charge in [0.25, 0.3) is 5.91 Å². The molecular formula is C10H13NO2. The van der Waals surface area contributed by atoms with Crippen LogP contribution in [-0.4, -0.2) is 13.0 Å². The molecule has 0 fully saturated rings. The molecule has 0 aliphatic heterocycles. The standard InChI is InChI=1S/C10H13NO2/c1-6-4-7(2)9(13-3)8(5-6)10(11)12/h4-5H,1-3H3,(H2,11,12). The quantitative estimate of drug-likeness (QED) is 0.746. The topological polar surface area (TPSA) is 52.3 Å². The van der Waals surface area contributed by atoms with E-state index in [0.717, 1.165) is 11.1 Å². The first-order valence-electron chi connectivity index (χ1n) is 4.01. The van der Waals surface area contributed by atoms with Crippen molar-refractivity contribution in [1.29, 1.82) is 0 Å². The van der Waals surface area contributed by atoms with Gasteiger partial charge in [-0.2, -0.15) is 0 Å². The van der Waals surface area contributed by atoms with E-state index in [9.17, 15) is 4.79 Å². The highest BCUT2D eigenvalue weighted by Crippen LogP contribution is 2.24. The lowest BCUT2D eigenvalue weighted by atomic mass is 10.1. The van der Waals surface area contributed by atoms with Gasteiger partial charge in [0.15, 0.2) is 0 Å². The number of nitrogens with two attached hydrogens (primary N) is 1. The van der Waals surface area contributed by atoms with E-state index in [1.54, 1.807) is 6.07 Å². The summed E-state index contributed by atoms with van der Waals surface area (Å²) in [4.78, 5) is 11.0. The molecule has 1 aromatic rings. The molecule has 1 aromatic carbocycles. The van der Waals surface area contributed by atoms with Crippen LogP contribution in [0.25, 0.3) is 0 Å². The molecule has 3 heteroatoms. The molecule has 0 aliphatic rings. The zero-order valence-corrected chi connectivity index (χ0v) is 8.05. The Labute approximate surface area is 77.5 Å². The van der Waals surface area contributed by atoms with Gasteiger partial charge in [-0.3, -0.25) is 4.79 Å². The summed E-state index contributed by atoms with van der Waals surface area (Å²) in [5, 5.41) is 0. The molecule has 2 N–H and O–H groups in total. The predicted octanol–water partition coefficient (Wildman–Crippen LogP) is 1.41. The van der Waals surface area contributed by atoms with Crippen molar-refractivity contribution in [3.05, 3.63) is 28.8 Å². The summed E-state index contributed by atoms with van der Waals surface area (Å²) in [6, 6.07) is 3.68. The Kier molecular flexibility index (Phi) is 2.56. The molecule has 0 bridgehead atoms. The summed E-state index contributed by atoms with van der Waals surface area (Å²) in [6.07, 6.45) is 0. The second-order valence-corrected chi connectivity index (χ2v) is 3.03. The van der Waals surface area contributed by atoms with E-state index in [0.29, 0.717) is 11.3 Å². The maximum Gasteiger partial charge on any atom is 0.252 e. The third kappa shape index (κ3) is 1.80. The van der Waals surface area contributed by atoms with Crippen molar-refractivity contribution in [2.75, 3.05) is 7.11 Å². The number of ether oxygens (including phenoxy) is 1. The molecule has 0 unspecified atom stereocenters. The van der Waals surface area contributed by atoms with Gasteiger partial charge in [-0.25, -0.2) is 0 Å². The monoisotopic (exact) mass is 179 g/mol. The summed E-state index contributed by atoms with van der Waals surface area (Å²) >= 11 is 0. The highest BCUT2D eigenvalue weighted by molar-refractivity contribution is 5.96. The molecule has 3 nitrogen and oxygen atoms in total. The molecule has 0 spiro atoms. The highest BCUT2D eigenvalue weighted by Gasteiger charge is 2.11. The van der Waals surface area contributed by atoms with Crippen molar-refractivity contribution in [3.63, 3.8) is 0 Å². The van der Waals surface area contributed by atoms with E-state index in [1.165, 1.54) is 7.11 Å². The SMILES string of the molecule is COc1c(C)cc(C)cc1C(N)=O. The number of hydrogen-bond acceptors (Lipinski definition) is 2. The van der Waals surface area contributed by atoms with Crippen molar-refractivity contribution in [3.8, 4) is 5.75 Å². The van der Waals surface area contributed by atoms with Crippen molar-refractivity contribution >= 4 is 5.91 Å². The van der Waals surface area contributed by atoms with Crippen LogP contribution in [0.4, 0.5) is 0 Å². The zero-order chi connectivity index (χ0) is 10.0. The van der Waals surface area contributed by atoms with Gasteiger partial charge < -0.3 is 10.5 Å². The molecular weight excluding hydrogens is 166 g/mol. The number of benzene rings is 1. The van der Waals surface area contributed by atoms with Crippen molar-refractivity contribution < 1.29 is 9.53 Å². The van der Waals surface area contributed by atoms with Gasteiger partial charge in [0.1, 0.15) is 5.75 Å². The fourth-order valence-corrected chi connectivity index (χ4v) is 1.41. The number of methoxy groups -OCH3 is 1. The number of hydrogen-bond donors (Lipinski definition) is 1. The Morgan fingerprint density at radius 2 is 2.00 bits per heavy atom. The number of aryl methyl sites for hydroxylation is 2. The number of carbonyl (C=O) groups is 1. The maximum atomic E-state index is 11.0. The molecule has 0 saturated carbocycles. The lowest BCUT2D eigenvalue weighted by molar-refractivity contribution is 0.0997. The Hall–Kier alpha value is -1.51. The minimum absolute atomic E-state index is 0.444. The average molecular weight is 179 g/mol. The predicted molar refractivity (Wildman–Crippen MR) is 51.0 cm³/mol. The van der Waals surface area contributed by atoms with E-state index in [2.05, 4.69) is 0 Å². The van der Waals surface area contributed by atoms with E-state index < -0.39 is 5.91 Å². The molecule has 1 amide bonds. The molecule has 0 heterocycles. The second kappa shape index (κ2) is 3.47. The van der Waals surface area contributed by atoms with Gasteiger partial charge in [-0.05, 0) is 31.0 Å². The van der Waals surface area contributed by atoms with Crippen LogP contribution >= 0.6 is 0 Å². The Morgan fingerprint density at radius 1 is 1.38 bits per heavy atom. The first-order valence-corrected chi connectivity index (χ1v) is 4.01. The van der Waals surface area contributed by atoms with E-state index in [1.807, 2.05) is 19.9 Å². The average Bonchev–Trinajstić information content (AvgIpc) is 2.02. The number of carbonyl (C=O) groups excluding carboxylic acids is 1. The summed E-state index contributed by atoms with van der Waals surface area (Å²) < 4.78 is 5.09. The molecule has 0 aromatic heterocycles. The first-order chi connectivity index (χ1) is 6.06. The Bertz CT molecular complexity index is 345. The van der Waals surface area contributed by atoms with Crippen LogP contribution in [0.2, 0.25) is 0 Å². The molecule has 0 atom stereocenters. The normalized spacial score (nSPS) is 9.77. The van der Waals surface area contributed by atoms with Crippen LogP contribution in [0.5, 0.6) is 5.75 Å². The molecule has 0 saturated heterocycles. The Morgan fingerprint density at radius 3 is 2.46 bits per heavy atom. The molecule has 13 heavy (non-hydrogen) atoms. The van der Waals surface area contributed by atoms with Gasteiger partial charge in [0, 0.05) is 0 Å². The van der Waals surface area contributed by atoms with Crippen molar-refractivity contribution in [2.24, 2.45) is 5.73 Å². The van der Waals surface area contributed by atoms with Crippen LogP contribution in [0.15, 0.2) is 12.1 Å². The van der Waals surface area contributed by atoms with Crippen LogP contribution in [-0.2, 0) is 0 Å². The summed E-state index contributed by atoms with van der Waals surface area (Å²) in [5.74, 6) is 0.113. The number of rotatable bonds is 2. The lowest BCUT2D eigenvalue weighted by Gasteiger charge is -2.09. The molecule has 0 aliphatic carbocycles. The summed E-state index contributed by atoms with van der Waals surface area (Å²) in [7, 11) is 1.53. The van der Waals surface area contributed by atoms with Crippen LogP contribution in [0.3, 0.4) is 0 Å². The smallest absolute Gasteiger partial charge is 0.252 e. The van der Waals surface area contributed by atoms with E-state index in [-0.39, 0.29) is 0 Å². The van der Waals surface area contributed by atoms with E-state index in [4.69, 9.17) is 10.5 Å². The summed E-state index contributed by atoms with van der Waals surface area (Å²) in [6.45, 7) is 3.80. The van der Waals surface area contributed by atoms with Crippen molar-refractivity contribution in [1.82, 2.24) is 0 Å². The third-order valence-corrected chi connectivity index (χ3v) is 1.89. The molecule has 70 valence electrons. The minimum Gasteiger partial charge on any atom is -0.496 e. The highest BCUT2D eigenvalue weighted by atomic mass is 16.5. The molecule has 0 radical (unpaired) electrons. The zero-order valence-electron chi connectivity index (χ0n) is 8.05. The van der Waals surface area contributed by atoms with Gasteiger partial charge in [0.2, 0.25) is 0 Å². The fourth-order valence-electron chi connectivity index (χ4n) is 1.41. The molecule has 1 rings (SSSR count). The summed E-state index contributed by atoms with van der Waals surface area (Å²) in [5.41, 5.74) is 7.59. The number of primary amides is 1. The Balaban J connectivity index is 3.38. The second-order valence-electron chi connectivity index (χ2n) is 3.03. The van der Waals surface area contributed by atoms with Gasteiger partial charge in [0.05, 0.1) is 12.7 Å². The first kappa shape index (κ1) is 9.58.